The Balaban J connectivity index is 1.81. The largest absolute Gasteiger partial charge is 0.481 e. The molecular formula is C13H14F2N2O3. The van der Waals surface area contributed by atoms with Gasteiger partial charge >= 0.3 is 5.97 Å². The number of carbonyl (C=O) groups is 2. The number of nitrogens with zero attached hydrogens (tertiary/aromatic N) is 1. The van der Waals surface area contributed by atoms with E-state index in [9.17, 15) is 18.4 Å². The summed E-state index contributed by atoms with van der Waals surface area (Å²) in [5.74, 6) is -3.02. The molecule has 0 aliphatic carbocycles. The maximum atomic E-state index is 13.3. The molecule has 0 bridgehead atoms. The first-order chi connectivity index (χ1) is 9.45. The Morgan fingerprint density at radius 3 is 2.45 bits per heavy atom. The summed E-state index contributed by atoms with van der Waals surface area (Å²) in [4.78, 5) is 23.8. The van der Waals surface area contributed by atoms with Gasteiger partial charge in [-0.15, -0.1) is 0 Å². The SMILES string of the molecule is O=C(O)CC1CN(CC(=O)Nc2c(F)cccc2F)C1. The second kappa shape index (κ2) is 5.96. The summed E-state index contributed by atoms with van der Waals surface area (Å²) in [6.07, 6.45) is 0.0695. The van der Waals surface area contributed by atoms with E-state index in [0.717, 1.165) is 12.1 Å². The molecule has 1 aromatic rings. The Morgan fingerprint density at radius 1 is 1.30 bits per heavy atom. The summed E-state index contributed by atoms with van der Waals surface area (Å²) in [7, 11) is 0. The van der Waals surface area contributed by atoms with Crippen molar-refractivity contribution in [1.82, 2.24) is 4.90 Å². The van der Waals surface area contributed by atoms with Gasteiger partial charge in [-0.1, -0.05) is 6.07 Å². The van der Waals surface area contributed by atoms with Crippen molar-refractivity contribution in [2.24, 2.45) is 5.92 Å². The fraction of sp³-hybridized carbons (Fsp3) is 0.385. The fourth-order valence-corrected chi connectivity index (χ4v) is 2.18. The number of hydrogen-bond donors (Lipinski definition) is 2. The van der Waals surface area contributed by atoms with E-state index < -0.39 is 29.2 Å². The number of hydrogen-bond acceptors (Lipinski definition) is 3. The molecule has 0 saturated carbocycles. The molecule has 1 aromatic carbocycles. The first-order valence-electron chi connectivity index (χ1n) is 6.13. The molecule has 0 aromatic heterocycles. The minimum atomic E-state index is -0.868. The molecule has 20 heavy (non-hydrogen) atoms. The summed E-state index contributed by atoms with van der Waals surface area (Å²) < 4.78 is 26.6. The normalized spacial score (nSPS) is 15.7. The molecule has 2 N–H and O–H groups in total. The van der Waals surface area contributed by atoms with E-state index in [1.54, 1.807) is 4.90 Å². The van der Waals surface area contributed by atoms with Crippen molar-refractivity contribution >= 4 is 17.6 Å². The average Bonchev–Trinajstić information content (AvgIpc) is 2.31. The molecule has 1 heterocycles. The van der Waals surface area contributed by atoms with Crippen LogP contribution in [0.5, 0.6) is 0 Å². The van der Waals surface area contributed by atoms with E-state index in [1.807, 2.05) is 0 Å². The second-order valence-corrected chi connectivity index (χ2v) is 4.80. The number of halogens is 2. The fourth-order valence-electron chi connectivity index (χ4n) is 2.18. The van der Waals surface area contributed by atoms with E-state index in [-0.39, 0.29) is 18.9 Å². The molecule has 1 aliphatic heterocycles. The average molecular weight is 284 g/mol. The van der Waals surface area contributed by atoms with Crippen LogP contribution in [-0.4, -0.2) is 41.5 Å². The highest BCUT2D eigenvalue weighted by molar-refractivity contribution is 5.92. The van der Waals surface area contributed by atoms with Gasteiger partial charge in [-0.3, -0.25) is 14.5 Å². The molecule has 0 atom stereocenters. The quantitative estimate of drug-likeness (QED) is 0.855. The van der Waals surface area contributed by atoms with Crippen molar-refractivity contribution in [2.45, 2.75) is 6.42 Å². The summed E-state index contributed by atoms with van der Waals surface area (Å²) >= 11 is 0. The molecule has 5 nitrogen and oxygen atoms in total. The van der Waals surface area contributed by atoms with Crippen LogP contribution in [0.2, 0.25) is 0 Å². The smallest absolute Gasteiger partial charge is 0.303 e. The van der Waals surface area contributed by atoms with Gasteiger partial charge in [0.2, 0.25) is 5.91 Å². The lowest BCUT2D eigenvalue weighted by Crippen LogP contribution is -2.50. The van der Waals surface area contributed by atoms with Gasteiger partial charge in [0.05, 0.1) is 13.0 Å². The Hall–Kier alpha value is -2.02. The zero-order chi connectivity index (χ0) is 14.7. The summed E-state index contributed by atoms with van der Waals surface area (Å²) in [6.45, 7) is 0.989. The van der Waals surface area contributed by atoms with Crippen LogP contribution in [0, 0.1) is 17.6 Å². The van der Waals surface area contributed by atoms with Crippen LogP contribution in [0.15, 0.2) is 18.2 Å². The zero-order valence-electron chi connectivity index (χ0n) is 10.6. The number of para-hydroxylation sites is 1. The van der Waals surface area contributed by atoms with Crippen molar-refractivity contribution in [3.8, 4) is 0 Å². The predicted molar refractivity (Wildman–Crippen MR) is 67.2 cm³/mol. The number of amides is 1. The Labute approximate surface area is 114 Å². The molecule has 0 spiro atoms. The molecule has 1 aliphatic rings. The van der Waals surface area contributed by atoms with Crippen LogP contribution in [0.3, 0.4) is 0 Å². The predicted octanol–water partition coefficient (Wildman–Crippen LogP) is 1.31. The van der Waals surface area contributed by atoms with Gasteiger partial charge in [0.15, 0.2) is 0 Å². The van der Waals surface area contributed by atoms with Crippen LogP contribution < -0.4 is 5.32 Å². The summed E-state index contributed by atoms with van der Waals surface area (Å²) in [5, 5.41) is 10.8. The van der Waals surface area contributed by atoms with Crippen molar-refractivity contribution in [3.05, 3.63) is 29.8 Å². The maximum absolute atomic E-state index is 13.3. The number of carbonyl (C=O) groups excluding carboxylic acids is 1. The van der Waals surface area contributed by atoms with Crippen molar-refractivity contribution < 1.29 is 23.5 Å². The second-order valence-electron chi connectivity index (χ2n) is 4.80. The van der Waals surface area contributed by atoms with E-state index in [1.165, 1.54) is 6.07 Å². The minimum absolute atomic E-state index is 0.0100. The van der Waals surface area contributed by atoms with E-state index in [0.29, 0.717) is 13.1 Å². The zero-order valence-corrected chi connectivity index (χ0v) is 10.6. The third-order valence-corrected chi connectivity index (χ3v) is 3.09. The number of rotatable bonds is 5. The van der Waals surface area contributed by atoms with E-state index >= 15 is 0 Å². The molecular weight excluding hydrogens is 270 g/mol. The van der Waals surface area contributed by atoms with Gasteiger partial charge in [0.1, 0.15) is 17.3 Å². The number of benzene rings is 1. The van der Waals surface area contributed by atoms with Crippen LogP contribution in [-0.2, 0) is 9.59 Å². The van der Waals surface area contributed by atoms with Gasteiger partial charge < -0.3 is 10.4 Å². The van der Waals surface area contributed by atoms with Crippen LogP contribution in [0.1, 0.15) is 6.42 Å². The lowest BCUT2D eigenvalue weighted by atomic mass is 9.96. The highest BCUT2D eigenvalue weighted by atomic mass is 19.1. The Morgan fingerprint density at radius 2 is 1.90 bits per heavy atom. The van der Waals surface area contributed by atoms with Crippen molar-refractivity contribution in [2.75, 3.05) is 25.0 Å². The number of carboxylic acids is 1. The summed E-state index contributed by atoms with van der Waals surface area (Å²) in [5.41, 5.74) is -0.458. The van der Waals surface area contributed by atoms with E-state index in [4.69, 9.17) is 5.11 Å². The van der Waals surface area contributed by atoms with Gasteiger partial charge in [-0.25, -0.2) is 8.78 Å². The molecule has 0 unspecified atom stereocenters. The third kappa shape index (κ3) is 3.51. The van der Waals surface area contributed by atoms with Gasteiger partial charge in [0, 0.05) is 13.1 Å². The standard InChI is InChI=1S/C13H14F2N2O3/c14-9-2-1-3-10(15)13(9)16-11(18)7-17-5-8(6-17)4-12(19)20/h1-3,8H,4-7H2,(H,16,18)(H,19,20). The number of carboxylic acid groups (broad SMARTS) is 1. The number of nitrogens with one attached hydrogen (secondary N) is 1. The van der Waals surface area contributed by atoms with Gasteiger partial charge in [0.25, 0.3) is 0 Å². The van der Waals surface area contributed by atoms with Gasteiger partial charge in [-0.05, 0) is 18.1 Å². The number of anilines is 1. The monoisotopic (exact) mass is 284 g/mol. The molecule has 1 saturated heterocycles. The number of aliphatic carboxylic acids is 1. The maximum Gasteiger partial charge on any atom is 0.303 e. The molecule has 1 fully saturated rings. The van der Waals surface area contributed by atoms with E-state index in [2.05, 4.69) is 5.32 Å². The molecule has 1 amide bonds. The molecule has 108 valence electrons. The van der Waals surface area contributed by atoms with Crippen molar-refractivity contribution in [1.29, 1.82) is 0 Å². The topological polar surface area (TPSA) is 69.6 Å². The Kier molecular flexibility index (Phi) is 4.29. The summed E-state index contributed by atoms with van der Waals surface area (Å²) in [6, 6.07) is 3.34. The first kappa shape index (κ1) is 14.4. The first-order valence-corrected chi connectivity index (χ1v) is 6.13. The highest BCUT2D eigenvalue weighted by Gasteiger charge is 2.29. The molecule has 2 rings (SSSR count). The van der Waals surface area contributed by atoms with Gasteiger partial charge in [-0.2, -0.15) is 0 Å². The highest BCUT2D eigenvalue weighted by Crippen LogP contribution is 2.20. The number of likely N-dealkylation sites (tertiary alicyclic amines) is 1. The molecule has 0 radical (unpaired) electrons. The van der Waals surface area contributed by atoms with Crippen LogP contribution in [0.4, 0.5) is 14.5 Å². The van der Waals surface area contributed by atoms with Crippen molar-refractivity contribution in [3.63, 3.8) is 0 Å². The van der Waals surface area contributed by atoms with Crippen LogP contribution in [0.25, 0.3) is 0 Å². The molecule has 7 heteroatoms. The minimum Gasteiger partial charge on any atom is -0.481 e. The Bertz CT molecular complexity index is 510. The third-order valence-electron chi connectivity index (χ3n) is 3.09. The lowest BCUT2D eigenvalue weighted by Gasteiger charge is -2.37. The lowest BCUT2D eigenvalue weighted by molar-refractivity contribution is -0.139. The van der Waals surface area contributed by atoms with Crippen LogP contribution >= 0.6 is 0 Å².